The molecule has 1 rings (SSSR count). The van der Waals surface area contributed by atoms with Crippen molar-refractivity contribution in [1.82, 2.24) is 4.90 Å². The van der Waals surface area contributed by atoms with E-state index in [0.29, 0.717) is 13.2 Å². The van der Waals surface area contributed by atoms with Crippen molar-refractivity contribution in [2.75, 3.05) is 27.3 Å². The van der Waals surface area contributed by atoms with E-state index in [1.165, 1.54) is 0 Å². The number of rotatable bonds is 6. The lowest BCUT2D eigenvalue weighted by Gasteiger charge is -2.27. The normalized spacial score (nSPS) is 12.7. The van der Waals surface area contributed by atoms with E-state index in [1.54, 1.807) is 12.0 Å². The van der Waals surface area contributed by atoms with Crippen molar-refractivity contribution in [3.8, 4) is 0 Å². The average Bonchev–Trinajstić information content (AvgIpc) is 2.30. The fraction of sp³-hybridized carbons (Fsp3) is 0.500. The lowest BCUT2D eigenvalue weighted by molar-refractivity contribution is -0.143. The van der Waals surface area contributed by atoms with Gasteiger partial charge in [0, 0.05) is 13.7 Å². The Kier molecular flexibility index (Phi) is 5.31. The van der Waals surface area contributed by atoms with Gasteiger partial charge in [-0.15, -0.1) is 0 Å². The van der Waals surface area contributed by atoms with Gasteiger partial charge in [0.05, 0.1) is 6.61 Å². The highest BCUT2D eigenvalue weighted by Gasteiger charge is 2.27. The van der Waals surface area contributed by atoms with Crippen LogP contribution in [0.5, 0.6) is 0 Å². The molecule has 4 nitrogen and oxygen atoms in total. The molecule has 100 valence electrons. The summed E-state index contributed by atoms with van der Waals surface area (Å²) in [5, 5.41) is 9.46. The molecule has 18 heavy (non-hydrogen) atoms. The Balaban J connectivity index is 3.08. The van der Waals surface area contributed by atoms with Crippen LogP contribution in [0.2, 0.25) is 0 Å². The number of aryl methyl sites for hydroxylation is 2. The van der Waals surface area contributed by atoms with Gasteiger partial charge in [0.25, 0.3) is 0 Å². The first-order valence-electron chi connectivity index (χ1n) is 5.97. The third-order valence-electron chi connectivity index (χ3n) is 3.14. The van der Waals surface area contributed by atoms with Gasteiger partial charge in [-0.25, -0.2) is 0 Å². The number of hydrogen-bond acceptors (Lipinski definition) is 3. The summed E-state index contributed by atoms with van der Waals surface area (Å²) in [5.41, 5.74) is 2.89. The molecule has 1 atom stereocenters. The van der Waals surface area contributed by atoms with Gasteiger partial charge in [-0.1, -0.05) is 18.2 Å². The fourth-order valence-electron chi connectivity index (χ4n) is 2.16. The fourth-order valence-corrected chi connectivity index (χ4v) is 2.16. The highest BCUT2D eigenvalue weighted by Crippen LogP contribution is 2.26. The number of aliphatic carboxylic acids is 1. The number of benzene rings is 1. The second-order valence-corrected chi connectivity index (χ2v) is 4.52. The Hall–Kier alpha value is -1.39. The lowest BCUT2D eigenvalue weighted by Crippen LogP contribution is -2.34. The molecule has 0 fully saturated rings. The van der Waals surface area contributed by atoms with Crippen LogP contribution in [0.1, 0.15) is 22.7 Å². The van der Waals surface area contributed by atoms with Crippen LogP contribution in [-0.2, 0) is 9.53 Å². The smallest absolute Gasteiger partial charge is 0.325 e. The topological polar surface area (TPSA) is 49.8 Å². The summed E-state index contributed by atoms with van der Waals surface area (Å²) in [6.45, 7) is 5.00. The summed E-state index contributed by atoms with van der Waals surface area (Å²) in [6.07, 6.45) is 0. The number of nitrogens with zero attached hydrogens (tertiary/aromatic N) is 1. The molecular formula is C14H21NO3. The van der Waals surface area contributed by atoms with E-state index < -0.39 is 12.0 Å². The molecule has 0 radical (unpaired) electrons. The predicted molar refractivity (Wildman–Crippen MR) is 70.8 cm³/mol. The van der Waals surface area contributed by atoms with Crippen molar-refractivity contribution < 1.29 is 14.6 Å². The standard InChI is InChI=1S/C14H21NO3/c1-10-6-5-7-11(2)12(10)13(14(16)17)15(3)8-9-18-4/h5-7,13H,8-9H2,1-4H3,(H,16,17). The Morgan fingerprint density at radius 1 is 1.39 bits per heavy atom. The molecule has 0 aliphatic heterocycles. The number of ether oxygens (including phenoxy) is 1. The molecule has 0 aliphatic rings. The molecule has 0 saturated heterocycles. The van der Waals surface area contributed by atoms with E-state index in [2.05, 4.69) is 0 Å². The molecule has 0 aliphatic carbocycles. The number of carboxylic acid groups (broad SMARTS) is 1. The minimum Gasteiger partial charge on any atom is -0.480 e. The van der Waals surface area contributed by atoms with Gasteiger partial charge in [0.15, 0.2) is 0 Å². The van der Waals surface area contributed by atoms with E-state index >= 15 is 0 Å². The third-order valence-corrected chi connectivity index (χ3v) is 3.14. The zero-order valence-corrected chi connectivity index (χ0v) is 11.4. The maximum atomic E-state index is 11.5. The number of carboxylic acids is 1. The van der Waals surface area contributed by atoms with E-state index in [1.807, 2.05) is 39.1 Å². The van der Waals surface area contributed by atoms with Crippen molar-refractivity contribution in [2.45, 2.75) is 19.9 Å². The molecule has 4 heteroatoms. The highest BCUT2D eigenvalue weighted by molar-refractivity contribution is 5.76. The summed E-state index contributed by atoms with van der Waals surface area (Å²) < 4.78 is 5.00. The zero-order chi connectivity index (χ0) is 13.7. The van der Waals surface area contributed by atoms with E-state index in [4.69, 9.17) is 4.74 Å². The molecule has 0 saturated carbocycles. The Morgan fingerprint density at radius 3 is 2.39 bits per heavy atom. The van der Waals surface area contributed by atoms with Gasteiger partial charge >= 0.3 is 5.97 Å². The van der Waals surface area contributed by atoms with Crippen LogP contribution < -0.4 is 0 Å². The van der Waals surface area contributed by atoms with Crippen molar-refractivity contribution in [3.05, 3.63) is 34.9 Å². The van der Waals surface area contributed by atoms with Crippen LogP contribution in [0.3, 0.4) is 0 Å². The van der Waals surface area contributed by atoms with E-state index in [-0.39, 0.29) is 0 Å². The summed E-state index contributed by atoms with van der Waals surface area (Å²) in [5.74, 6) is -0.828. The Labute approximate surface area is 108 Å². The average molecular weight is 251 g/mol. The Morgan fingerprint density at radius 2 is 1.94 bits per heavy atom. The second-order valence-electron chi connectivity index (χ2n) is 4.52. The Bertz CT molecular complexity index is 397. The summed E-state index contributed by atoms with van der Waals surface area (Å²) in [6, 6.07) is 5.22. The summed E-state index contributed by atoms with van der Waals surface area (Å²) >= 11 is 0. The molecule has 1 unspecified atom stereocenters. The monoisotopic (exact) mass is 251 g/mol. The van der Waals surface area contributed by atoms with Crippen LogP contribution >= 0.6 is 0 Å². The predicted octanol–water partition coefficient (Wildman–Crippen LogP) is 2.01. The minimum absolute atomic E-state index is 0.519. The maximum Gasteiger partial charge on any atom is 0.325 e. The largest absolute Gasteiger partial charge is 0.480 e. The van der Waals surface area contributed by atoms with Crippen LogP contribution in [0.15, 0.2) is 18.2 Å². The molecule has 1 N–H and O–H groups in total. The SMILES string of the molecule is COCCN(C)C(C(=O)O)c1c(C)cccc1C. The molecule has 0 aromatic heterocycles. The third kappa shape index (κ3) is 3.31. The summed E-state index contributed by atoms with van der Waals surface area (Å²) in [7, 11) is 3.42. The first kappa shape index (κ1) is 14.7. The van der Waals surface area contributed by atoms with Gasteiger partial charge in [0.1, 0.15) is 6.04 Å². The number of likely N-dealkylation sites (N-methyl/N-ethyl adjacent to an activating group) is 1. The van der Waals surface area contributed by atoms with Crippen molar-refractivity contribution in [3.63, 3.8) is 0 Å². The minimum atomic E-state index is -0.828. The molecule has 0 heterocycles. The van der Waals surface area contributed by atoms with Crippen LogP contribution in [0, 0.1) is 13.8 Å². The van der Waals surface area contributed by atoms with Crippen LogP contribution in [0.25, 0.3) is 0 Å². The number of methoxy groups -OCH3 is 1. The molecule has 0 spiro atoms. The first-order chi connectivity index (χ1) is 8.49. The molecule has 0 bridgehead atoms. The van der Waals surface area contributed by atoms with Gasteiger partial charge in [-0.05, 0) is 37.6 Å². The van der Waals surface area contributed by atoms with Crippen molar-refractivity contribution in [2.24, 2.45) is 0 Å². The van der Waals surface area contributed by atoms with E-state index in [0.717, 1.165) is 16.7 Å². The molecular weight excluding hydrogens is 230 g/mol. The molecule has 1 aromatic carbocycles. The number of hydrogen-bond donors (Lipinski definition) is 1. The highest BCUT2D eigenvalue weighted by atomic mass is 16.5. The quantitative estimate of drug-likeness (QED) is 0.840. The van der Waals surface area contributed by atoms with Crippen LogP contribution in [-0.4, -0.2) is 43.3 Å². The van der Waals surface area contributed by atoms with E-state index in [9.17, 15) is 9.90 Å². The van der Waals surface area contributed by atoms with Crippen LogP contribution in [0.4, 0.5) is 0 Å². The lowest BCUT2D eigenvalue weighted by atomic mass is 9.95. The summed E-state index contributed by atoms with van der Waals surface area (Å²) in [4.78, 5) is 13.3. The molecule has 0 amide bonds. The zero-order valence-electron chi connectivity index (χ0n) is 11.4. The first-order valence-corrected chi connectivity index (χ1v) is 5.97. The second kappa shape index (κ2) is 6.52. The van der Waals surface area contributed by atoms with Gasteiger partial charge in [-0.2, -0.15) is 0 Å². The van der Waals surface area contributed by atoms with Gasteiger partial charge < -0.3 is 9.84 Å². The van der Waals surface area contributed by atoms with Crippen molar-refractivity contribution >= 4 is 5.97 Å². The molecule has 1 aromatic rings. The number of carbonyl (C=O) groups is 1. The van der Waals surface area contributed by atoms with Crippen molar-refractivity contribution in [1.29, 1.82) is 0 Å². The maximum absolute atomic E-state index is 11.5. The van der Waals surface area contributed by atoms with Gasteiger partial charge in [-0.3, -0.25) is 9.69 Å². The van der Waals surface area contributed by atoms with Gasteiger partial charge in [0.2, 0.25) is 0 Å².